The summed E-state index contributed by atoms with van der Waals surface area (Å²) in [4.78, 5) is 27.2. The summed E-state index contributed by atoms with van der Waals surface area (Å²) in [5.74, 6) is -2.22. The first-order valence-corrected chi connectivity index (χ1v) is 11.2. The van der Waals surface area contributed by atoms with E-state index < -0.39 is 23.5 Å². The van der Waals surface area contributed by atoms with Crippen molar-refractivity contribution >= 4 is 29.1 Å². The highest BCUT2D eigenvalue weighted by molar-refractivity contribution is 6.34. The van der Waals surface area contributed by atoms with Gasteiger partial charge in [-0.3, -0.25) is 9.59 Å². The number of benzene rings is 3. The van der Waals surface area contributed by atoms with Crippen molar-refractivity contribution in [2.45, 2.75) is 25.6 Å². The summed E-state index contributed by atoms with van der Waals surface area (Å²) >= 11 is 6.32. The second-order valence-electron chi connectivity index (χ2n) is 8.26. The summed E-state index contributed by atoms with van der Waals surface area (Å²) in [5, 5.41) is 11.9. The number of anilines is 1. The lowest BCUT2D eigenvalue weighted by molar-refractivity contribution is -0.140. The van der Waals surface area contributed by atoms with E-state index in [2.05, 4.69) is 5.32 Å². The number of fused-ring (bicyclic) bond motifs is 1. The van der Waals surface area contributed by atoms with Crippen molar-refractivity contribution in [3.05, 3.63) is 98.8 Å². The molecule has 0 bridgehead atoms. The molecule has 1 heterocycles. The molecule has 0 saturated carbocycles. The van der Waals surface area contributed by atoms with E-state index in [1.165, 1.54) is 0 Å². The van der Waals surface area contributed by atoms with Crippen LogP contribution >= 0.6 is 11.6 Å². The van der Waals surface area contributed by atoms with Gasteiger partial charge in [-0.25, -0.2) is 4.39 Å². The highest BCUT2D eigenvalue weighted by atomic mass is 35.5. The van der Waals surface area contributed by atoms with E-state index in [1.54, 1.807) is 41.3 Å². The van der Waals surface area contributed by atoms with Gasteiger partial charge in [0.1, 0.15) is 5.82 Å². The van der Waals surface area contributed by atoms with Crippen LogP contribution in [0.1, 0.15) is 38.2 Å². The molecule has 0 unspecified atom stereocenters. The van der Waals surface area contributed by atoms with Crippen molar-refractivity contribution in [1.29, 1.82) is 5.26 Å². The van der Waals surface area contributed by atoms with Crippen LogP contribution in [0.4, 0.5) is 23.2 Å². The third-order valence-electron chi connectivity index (χ3n) is 5.87. The molecule has 3 aromatic rings. The molecule has 5 nitrogen and oxygen atoms in total. The van der Waals surface area contributed by atoms with E-state index in [0.29, 0.717) is 41.9 Å². The molecule has 0 aromatic heterocycles. The Morgan fingerprint density at radius 2 is 1.81 bits per heavy atom. The summed E-state index contributed by atoms with van der Waals surface area (Å²) in [7, 11) is 0. The standard InChI is InChI=1S/C26H18ClF4N3O2/c27-21-8-6-18-14-34(25(36)17-4-1-15(13-32)2-5-17)10-9-19(18)24(21)33-23(35)12-16-3-7-20(22(28)11-16)26(29,30)31/h1-8,11H,9-10,12,14H2,(H,33,35). The predicted molar refractivity (Wildman–Crippen MR) is 125 cm³/mol. The Kier molecular flexibility index (Phi) is 7.00. The molecule has 10 heteroatoms. The first kappa shape index (κ1) is 25.2. The lowest BCUT2D eigenvalue weighted by Crippen LogP contribution is -2.36. The molecule has 184 valence electrons. The molecule has 0 fully saturated rings. The Labute approximate surface area is 208 Å². The third kappa shape index (κ3) is 5.34. The number of nitrogens with zero attached hydrogens (tertiary/aromatic N) is 2. The van der Waals surface area contributed by atoms with Gasteiger partial charge in [-0.15, -0.1) is 0 Å². The van der Waals surface area contributed by atoms with Gasteiger partial charge in [0.05, 0.1) is 34.3 Å². The maximum Gasteiger partial charge on any atom is 0.419 e. The molecule has 0 radical (unpaired) electrons. The number of carbonyl (C=O) groups excluding carboxylic acids is 2. The fourth-order valence-electron chi connectivity index (χ4n) is 4.07. The Hall–Kier alpha value is -3.90. The fourth-order valence-corrected chi connectivity index (χ4v) is 4.30. The fraction of sp³-hybridized carbons (Fsp3) is 0.192. The number of amides is 2. The first-order chi connectivity index (χ1) is 17.1. The number of nitriles is 1. The summed E-state index contributed by atoms with van der Waals surface area (Å²) in [6.45, 7) is 0.636. The zero-order valence-electron chi connectivity index (χ0n) is 18.6. The Balaban J connectivity index is 1.48. The van der Waals surface area contributed by atoms with Gasteiger partial charge in [0.2, 0.25) is 5.91 Å². The molecular formula is C26H18ClF4N3O2. The smallest absolute Gasteiger partial charge is 0.334 e. The molecular weight excluding hydrogens is 498 g/mol. The average Bonchev–Trinajstić information content (AvgIpc) is 2.84. The number of hydrogen-bond donors (Lipinski definition) is 1. The van der Waals surface area contributed by atoms with Crippen molar-refractivity contribution in [3.8, 4) is 6.07 Å². The monoisotopic (exact) mass is 515 g/mol. The van der Waals surface area contributed by atoms with Crippen molar-refractivity contribution in [1.82, 2.24) is 4.90 Å². The Morgan fingerprint density at radius 1 is 1.08 bits per heavy atom. The minimum atomic E-state index is -4.82. The van der Waals surface area contributed by atoms with E-state index in [0.717, 1.165) is 17.2 Å². The van der Waals surface area contributed by atoms with Crippen molar-refractivity contribution in [2.24, 2.45) is 0 Å². The number of halogens is 5. The minimum absolute atomic E-state index is 0.0816. The second kappa shape index (κ2) is 9.99. The van der Waals surface area contributed by atoms with E-state index in [-0.39, 0.29) is 29.5 Å². The largest absolute Gasteiger partial charge is 0.419 e. The molecule has 4 rings (SSSR count). The van der Waals surface area contributed by atoms with Crippen LogP contribution in [0, 0.1) is 17.1 Å². The predicted octanol–water partition coefficient (Wildman–Crippen LogP) is 5.75. The number of rotatable bonds is 4. The second-order valence-corrected chi connectivity index (χ2v) is 8.67. The van der Waals surface area contributed by atoms with E-state index >= 15 is 0 Å². The summed E-state index contributed by atoms with van der Waals surface area (Å²) in [5.41, 5.74) is 1.47. The van der Waals surface area contributed by atoms with Crippen molar-refractivity contribution < 1.29 is 27.2 Å². The van der Waals surface area contributed by atoms with Gasteiger partial charge in [-0.2, -0.15) is 18.4 Å². The van der Waals surface area contributed by atoms with Crippen LogP contribution in [0.5, 0.6) is 0 Å². The molecule has 0 spiro atoms. The third-order valence-corrected chi connectivity index (χ3v) is 6.18. The topological polar surface area (TPSA) is 73.2 Å². The lowest BCUT2D eigenvalue weighted by Gasteiger charge is -2.30. The van der Waals surface area contributed by atoms with E-state index in [4.69, 9.17) is 16.9 Å². The van der Waals surface area contributed by atoms with E-state index in [9.17, 15) is 27.2 Å². The minimum Gasteiger partial charge on any atom is -0.334 e. The van der Waals surface area contributed by atoms with Gasteiger partial charge < -0.3 is 10.2 Å². The molecule has 0 atom stereocenters. The SMILES string of the molecule is N#Cc1ccc(C(=O)N2CCc3c(ccc(Cl)c3NC(=O)Cc3ccc(C(F)(F)F)c(F)c3)C2)cc1. The number of alkyl halides is 3. The van der Waals surface area contributed by atoms with Crippen LogP contribution in [-0.2, 0) is 30.4 Å². The quantitative estimate of drug-likeness (QED) is 0.450. The molecule has 0 aliphatic carbocycles. The zero-order valence-corrected chi connectivity index (χ0v) is 19.4. The van der Waals surface area contributed by atoms with Gasteiger partial charge in [0.25, 0.3) is 5.91 Å². The van der Waals surface area contributed by atoms with Gasteiger partial charge in [-0.05, 0) is 65.6 Å². The normalized spacial score (nSPS) is 13.1. The van der Waals surface area contributed by atoms with Crippen LogP contribution in [-0.4, -0.2) is 23.3 Å². The van der Waals surface area contributed by atoms with Gasteiger partial charge in [0, 0.05) is 18.7 Å². The molecule has 1 N–H and O–H groups in total. The van der Waals surface area contributed by atoms with E-state index in [1.807, 2.05) is 6.07 Å². The number of hydrogen-bond acceptors (Lipinski definition) is 3. The van der Waals surface area contributed by atoms with Crippen LogP contribution in [0.15, 0.2) is 54.6 Å². The number of carbonyl (C=O) groups is 2. The maximum absolute atomic E-state index is 13.9. The van der Waals surface area contributed by atoms with Crippen LogP contribution in [0.2, 0.25) is 5.02 Å². The van der Waals surface area contributed by atoms with Crippen LogP contribution < -0.4 is 5.32 Å². The average molecular weight is 516 g/mol. The van der Waals surface area contributed by atoms with Crippen LogP contribution in [0.25, 0.3) is 0 Å². The van der Waals surface area contributed by atoms with Gasteiger partial charge >= 0.3 is 6.18 Å². The Morgan fingerprint density at radius 3 is 2.44 bits per heavy atom. The summed E-state index contributed by atoms with van der Waals surface area (Å²) in [6.07, 6.45) is -4.77. The molecule has 2 amide bonds. The Bertz CT molecular complexity index is 1380. The first-order valence-electron chi connectivity index (χ1n) is 10.8. The molecule has 3 aromatic carbocycles. The number of nitrogens with one attached hydrogen (secondary N) is 1. The lowest BCUT2D eigenvalue weighted by atomic mass is 9.96. The van der Waals surface area contributed by atoms with Gasteiger partial charge in [0.15, 0.2) is 0 Å². The molecule has 1 aliphatic rings. The van der Waals surface area contributed by atoms with Gasteiger partial charge in [-0.1, -0.05) is 23.7 Å². The zero-order chi connectivity index (χ0) is 26.0. The summed E-state index contributed by atoms with van der Waals surface area (Å²) in [6, 6.07) is 14.0. The maximum atomic E-state index is 13.9. The molecule has 1 aliphatic heterocycles. The highest BCUT2D eigenvalue weighted by Crippen LogP contribution is 2.34. The van der Waals surface area contributed by atoms with Crippen molar-refractivity contribution in [3.63, 3.8) is 0 Å². The van der Waals surface area contributed by atoms with Crippen molar-refractivity contribution in [2.75, 3.05) is 11.9 Å². The molecule has 36 heavy (non-hydrogen) atoms. The van der Waals surface area contributed by atoms with Crippen LogP contribution in [0.3, 0.4) is 0 Å². The molecule has 0 saturated heterocycles. The summed E-state index contributed by atoms with van der Waals surface area (Å²) < 4.78 is 52.2. The highest BCUT2D eigenvalue weighted by Gasteiger charge is 2.34.